The lowest BCUT2D eigenvalue weighted by Crippen LogP contribution is -2.41. The molecule has 7 nitrogen and oxygen atoms in total. The lowest BCUT2D eigenvalue weighted by Gasteiger charge is -2.32. The number of nitrogens with zero attached hydrogens (tertiary/aromatic N) is 4. The largest absolute Gasteiger partial charge is 0.497 e. The number of ether oxygens (including phenoxy) is 1. The second-order valence-electron chi connectivity index (χ2n) is 7.87. The van der Waals surface area contributed by atoms with Crippen LogP contribution in [0.25, 0.3) is 0 Å². The minimum Gasteiger partial charge on any atom is -0.497 e. The minimum atomic E-state index is -0.0221. The van der Waals surface area contributed by atoms with Crippen LogP contribution in [0, 0.1) is 0 Å². The van der Waals surface area contributed by atoms with E-state index in [-0.39, 0.29) is 17.6 Å². The van der Waals surface area contributed by atoms with E-state index in [9.17, 15) is 9.59 Å². The van der Waals surface area contributed by atoms with Crippen LogP contribution in [-0.4, -0.2) is 45.4 Å². The van der Waals surface area contributed by atoms with E-state index < -0.39 is 0 Å². The van der Waals surface area contributed by atoms with E-state index in [1.807, 2.05) is 33.7 Å². The highest BCUT2D eigenvalue weighted by atomic mass is 16.5. The lowest BCUT2D eigenvalue weighted by atomic mass is 10.0. The summed E-state index contributed by atoms with van der Waals surface area (Å²) in [5.74, 6) is 2.40. The summed E-state index contributed by atoms with van der Waals surface area (Å²) in [6, 6.07) is 8.02. The number of aromatic nitrogens is 3. The van der Waals surface area contributed by atoms with Crippen molar-refractivity contribution in [3.8, 4) is 5.75 Å². The molecule has 1 aromatic heterocycles. The summed E-state index contributed by atoms with van der Waals surface area (Å²) in [6.07, 6.45) is 5.13. The number of aryl methyl sites for hydroxylation is 2. The van der Waals surface area contributed by atoms with E-state index in [1.54, 1.807) is 14.2 Å². The van der Waals surface area contributed by atoms with Crippen LogP contribution in [0.3, 0.4) is 0 Å². The Morgan fingerprint density at radius 2 is 1.82 bits per heavy atom. The van der Waals surface area contributed by atoms with Crippen LogP contribution in [-0.2, 0) is 18.3 Å². The maximum absolute atomic E-state index is 12.6. The van der Waals surface area contributed by atoms with Crippen LogP contribution in [0.15, 0.2) is 29.1 Å². The van der Waals surface area contributed by atoms with Gasteiger partial charge in [0.15, 0.2) is 0 Å². The number of methoxy groups -OCH3 is 1. The number of hydrogen-bond donors (Lipinski definition) is 0. The van der Waals surface area contributed by atoms with Crippen molar-refractivity contribution < 1.29 is 9.53 Å². The molecule has 7 heteroatoms. The van der Waals surface area contributed by atoms with Crippen molar-refractivity contribution in [2.24, 2.45) is 7.05 Å². The predicted octanol–water partition coefficient (Wildman–Crippen LogP) is 2.26. The molecule has 4 rings (SSSR count). The van der Waals surface area contributed by atoms with Gasteiger partial charge in [0, 0.05) is 38.5 Å². The predicted molar refractivity (Wildman–Crippen MR) is 106 cm³/mol. The third-order valence-electron chi connectivity index (χ3n) is 5.89. The third-order valence-corrected chi connectivity index (χ3v) is 5.89. The van der Waals surface area contributed by atoms with Gasteiger partial charge >= 0.3 is 5.69 Å². The van der Waals surface area contributed by atoms with Crippen molar-refractivity contribution in [2.75, 3.05) is 20.2 Å². The average Bonchev–Trinajstić information content (AvgIpc) is 3.53. The highest BCUT2D eigenvalue weighted by Gasteiger charge is 2.34. The first-order valence-electron chi connectivity index (χ1n) is 10.1. The van der Waals surface area contributed by atoms with E-state index in [4.69, 9.17) is 4.74 Å². The maximum atomic E-state index is 12.6. The molecule has 150 valence electrons. The second-order valence-corrected chi connectivity index (χ2v) is 7.87. The van der Waals surface area contributed by atoms with E-state index in [2.05, 4.69) is 5.10 Å². The van der Waals surface area contributed by atoms with Gasteiger partial charge < -0.3 is 9.64 Å². The average molecular weight is 384 g/mol. The van der Waals surface area contributed by atoms with E-state index in [0.717, 1.165) is 49.2 Å². The molecule has 0 atom stereocenters. The lowest BCUT2D eigenvalue weighted by molar-refractivity contribution is -0.132. The molecule has 0 N–H and O–H groups in total. The van der Waals surface area contributed by atoms with Gasteiger partial charge in [-0.15, -0.1) is 0 Å². The molecule has 2 heterocycles. The summed E-state index contributed by atoms with van der Waals surface area (Å²) in [5, 5.41) is 4.45. The maximum Gasteiger partial charge on any atom is 0.345 e. The Labute approximate surface area is 164 Å². The molecule has 28 heavy (non-hydrogen) atoms. The summed E-state index contributed by atoms with van der Waals surface area (Å²) in [5.41, 5.74) is 1.12. The molecule has 0 unspecified atom stereocenters. The fourth-order valence-corrected chi connectivity index (χ4v) is 4.04. The molecule has 1 aromatic carbocycles. The van der Waals surface area contributed by atoms with Gasteiger partial charge in [-0.3, -0.25) is 9.36 Å². The first-order chi connectivity index (χ1) is 13.6. The SMILES string of the molecule is COc1ccc(CCC(=O)N2CCC(n3c(C4CC4)nn(C)c3=O)CC2)cc1. The number of hydrogen-bond acceptors (Lipinski definition) is 4. The first-order valence-corrected chi connectivity index (χ1v) is 10.1. The van der Waals surface area contributed by atoms with Crippen LogP contribution >= 0.6 is 0 Å². The Hall–Kier alpha value is -2.57. The molecule has 1 saturated carbocycles. The molecular formula is C21H28N4O3. The number of benzene rings is 1. The Balaban J connectivity index is 1.32. The van der Waals surface area contributed by atoms with E-state index in [0.29, 0.717) is 25.4 Å². The fourth-order valence-electron chi connectivity index (χ4n) is 4.04. The molecule has 2 aromatic rings. The van der Waals surface area contributed by atoms with Crippen molar-refractivity contribution in [3.05, 3.63) is 46.1 Å². The summed E-state index contributed by atoms with van der Waals surface area (Å²) in [7, 11) is 3.37. The number of piperidine rings is 1. The van der Waals surface area contributed by atoms with Crippen molar-refractivity contribution in [1.29, 1.82) is 0 Å². The van der Waals surface area contributed by atoms with Gasteiger partial charge in [-0.2, -0.15) is 5.10 Å². The zero-order valence-corrected chi connectivity index (χ0v) is 16.6. The monoisotopic (exact) mass is 384 g/mol. The molecule has 0 radical (unpaired) electrons. The number of amides is 1. The van der Waals surface area contributed by atoms with Crippen LogP contribution in [0.5, 0.6) is 5.75 Å². The van der Waals surface area contributed by atoms with Crippen LogP contribution in [0.2, 0.25) is 0 Å². The summed E-state index contributed by atoms with van der Waals surface area (Å²) in [4.78, 5) is 27.1. The van der Waals surface area contributed by atoms with Gasteiger partial charge in [0.2, 0.25) is 5.91 Å². The first kappa shape index (κ1) is 18.8. The van der Waals surface area contributed by atoms with Crippen molar-refractivity contribution in [1.82, 2.24) is 19.2 Å². The van der Waals surface area contributed by atoms with Gasteiger partial charge in [-0.25, -0.2) is 9.48 Å². The molecular weight excluding hydrogens is 356 g/mol. The third kappa shape index (κ3) is 3.84. The van der Waals surface area contributed by atoms with Crippen LogP contribution in [0.1, 0.15) is 55.5 Å². The van der Waals surface area contributed by atoms with Crippen molar-refractivity contribution in [3.63, 3.8) is 0 Å². The van der Waals surface area contributed by atoms with Crippen molar-refractivity contribution in [2.45, 2.75) is 50.5 Å². The summed E-state index contributed by atoms with van der Waals surface area (Å²) < 4.78 is 8.53. The van der Waals surface area contributed by atoms with Gasteiger partial charge in [0.1, 0.15) is 11.6 Å². The van der Waals surface area contributed by atoms with Crippen molar-refractivity contribution >= 4 is 5.91 Å². The van der Waals surface area contributed by atoms with Gasteiger partial charge in [-0.05, 0) is 49.8 Å². The summed E-state index contributed by atoms with van der Waals surface area (Å²) >= 11 is 0. The molecule has 1 aliphatic heterocycles. The molecule has 0 spiro atoms. The molecule has 2 aliphatic rings. The van der Waals surface area contributed by atoms with Gasteiger partial charge in [-0.1, -0.05) is 12.1 Å². The minimum absolute atomic E-state index is 0.0221. The second kappa shape index (κ2) is 7.81. The number of rotatable bonds is 6. The zero-order valence-electron chi connectivity index (χ0n) is 16.6. The van der Waals surface area contributed by atoms with Crippen LogP contribution in [0.4, 0.5) is 0 Å². The molecule has 2 fully saturated rings. The number of carbonyl (C=O) groups is 1. The normalized spacial score (nSPS) is 17.7. The Morgan fingerprint density at radius 3 is 2.43 bits per heavy atom. The highest BCUT2D eigenvalue weighted by Crippen LogP contribution is 2.40. The molecule has 0 bridgehead atoms. The van der Waals surface area contributed by atoms with Gasteiger partial charge in [0.05, 0.1) is 7.11 Å². The van der Waals surface area contributed by atoms with E-state index >= 15 is 0 Å². The number of carbonyl (C=O) groups excluding carboxylic acids is 1. The zero-order chi connectivity index (χ0) is 19.7. The standard InChI is InChI=1S/C21H28N4O3/c1-23-21(27)25(20(22-23)16-6-7-16)17-11-13-24(14-12-17)19(26)10-5-15-3-8-18(28-2)9-4-15/h3-4,8-9,16-17H,5-7,10-14H2,1-2H3. The smallest absolute Gasteiger partial charge is 0.345 e. The Morgan fingerprint density at radius 1 is 1.14 bits per heavy atom. The number of likely N-dealkylation sites (tertiary alicyclic amines) is 1. The molecule has 1 amide bonds. The highest BCUT2D eigenvalue weighted by molar-refractivity contribution is 5.76. The fraction of sp³-hybridized carbons (Fsp3) is 0.571. The van der Waals surface area contributed by atoms with E-state index in [1.165, 1.54) is 4.68 Å². The topological polar surface area (TPSA) is 69.4 Å². The molecule has 1 saturated heterocycles. The summed E-state index contributed by atoms with van der Waals surface area (Å²) in [6.45, 7) is 1.41. The Kier molecular flexibility index (Phi) is 5.24. The molecule has 1 aliphatic carbocycles. The van der Waals surface area contributed by atoms with Crippen LogP contribution < -0.4 is 10.4 Å². The quantitative estimate of drug-likeness (QED) is 0.766. The Bertz CT molecular complexity index is 887. The van der Waals surface area contributed by atoms with Gasteiger partial charge in [0.25, 0.3) is 0 Å².